The molecular formula is C16H14ClN3O4. The SMILES string of the molecule is Cl.O=C(O)c1c(O)c2c([nH]c1=O)-c1nc3ccccc3n1CCC2. The Morgan fingerprint density at radius 3 is 2.79 bits per heavy atom. The molecule has 3 N–H and O–H groups in total. The number of aryl methyl sites for hydroxylation is 1. The first-order valence-electron chi connectivity index (χ1n) is 7.25. The standard InChI is InChI=1S/C16H13N3O4.ClH/c20-13-8-4-3-7-19-10-6-2-1-5-9(10)17-14(19)12(8)18-15(21)11(13)16(22)23;/h1-2,5-6H,3-4,7H2,(H,22,23)(H2,18,20,21);1H. The highest BCUT2D eigenvalue weighted by Gasteiger charge is 2.27. The van der Waals surface area contributed by atoms with Crippen molar-refractivity contribution in [1.82, 2.24) is 14.5 Å². The fraction of sp³-hybridized carbons (Fsp3) is 0.188. The predicted octanol–water partition coefficient (Wildman–Crippen LogP) is 2.16. The number of carboxylic acids is 1. The second kappa shape index (κ2) is 5.68. The number of hydrogen-bond donors (Lipinski definition) is 3. The summed E-state index contributed by atoms with van der Waals surface area (Å²) in [7, 11) is 0. The van der Waals surface area contributed by atoms with Crippen LogP contribution in [-0.4, -0.2) is 30.7 Å². The van der Waals surface area contributed by atoms with Crippen LogP contribution in [-0.2, 0) is 13.0 Å². The highest BCUT2D eigenvalue weighted by Crippen LogP contribution is 2.34. The first kappa shape index (κ1) is 16.1. The van der Waals surface area contributed by atoms with Gasteiger partial charge in [-0.1, -0.05) is 12.1 Å². The minimum atomic E-state index is -1.44. The van der Waals surface area contributed by atoms with Gasteiger partial charge in [-0.15, -0.1) is 12.4 Å². The Morgan fingerprint density at radius 1 is 1.29 bits per heavy atom. The third-order valence-corrected chi connectivity index (χ3v) is 4.19. The molecule has 0 amide bonds. The van der Waals surface area contributed by atoms with E-state index in [1.165, 1.54) is 0 Å². The second-order valence-electron chi connectivity index (χ2n) is 5.52. The Morgan fingerprint density at radius 2 is 2.04 bits per heavy atom. The van der Waals surface area contributed by atoms with Crippen molar-refractivity contribution in [2.75, 3.05) is 0 Å². The summed E-state index contributed by atoms with van der Waals surface area (Å²) in [6, 6.07) is 7.61. The van der Waals surface area contributed by atoms with Crippen molar-refractivity contribution in [2.45, 2.75) is 19.4 Å². The molecule has 1 aliphatic heterocycles. The van der Waals surface area contributed by atoms with E-state index in [2.05, 4.69) is 9.97 Å². The molecule has 8 heteroatoms. The van der Waals surface area contributed by atoms with Crippen LogP contribution in [0.5, 0.6) is 5.75 Å². The van der Waals surface area contributed by atoms with Crippen molar-refractivity contribution in [1.29, 1.82) is 0 Å². The summed E-state index contributed by atoms with van der Waals surface area (Å²) < 4.78 is 1.98. The zero-order valence-electron chi connectivity index (χ0n) is 12.4. The summed E-state index contributed by atoms with van der Waals surface area (Å²) in [5.74, 6) is -1.36. The first-order valence-corrected chi connectivity index (χ1v) is 7.25. The van der Waals surface area contributed by atoms with Gasteiger partial charge in [0.1, 0.15) is 5.75 Å². The van der Waals surface area contributed by atoms with Crippen LogP contribution in [0.2, 0.25) is 0 Å². The van der Waals surface area contributed by atoms with Crippen LogP contribution < -0.4 is 5.56 Å². The molecule has 0 radical (unpaired) electrons. The number of carboxylic acid groups (broad SMARTS) is 1. The normalized spacial score (nSPS) is 12.8. The molecule has 3 aromatic rings. The molecule has 0 spiro atoms. The number of nitrogens with one attached hydrogen (secondary N) is 1. The van der Waals surface area contributed by atoms with Crippen molar-refractivity contribution in [2.24, 2.45) is 0 Å². The molecule has 0 atom stereocenters. The summed E-state index contributed by atoms with van der Waals surface area (Å²) in [6.07, 6.45) is 1.18. The van der Waals surface area contributed by atoms with Gasteiger partial charge in [-0.25, -0.2) is 9.78 Å². The van der Waals surface area contributed by atoms with Crippen molar-refractivity contribution in [3.63, 3.8) is 0 Å². The molecule has 24 heavy (non-hydrogen) atoms. The van der Waals surface area contributed by atoms with Gasteiger partial charge >= 0.3 is 5.97 Å². The molecule has 0 unspecified atom stereocenters. The number of rotatable bonds is 1. The number of benzene rings is 1. The molecule has 0 aliphatic carbocycles. The fourth-order valence-corrected chi connectivity index (χ4v) is 3.17. The topological polar surface area (TPSA) is 108 Å². The molecule has 124 valence electrons. The molecule has 0 fully saturated rings. The third kappa shape index (κ3) is 2.16. The Labute approximate surface area is 142 Å². The van der Waals surface area contributed by atoms with Crippen molar-refractivity contribution >= 4 is 29.4 Å². The second-order valence-corrected chi connectivity index (χ2v) is 5.52. The summed E-state index contributed by atoms with van der Waals surface area (Å²) in [4.78, 5) is 30.4. The van der Waals surface area contributed by atoms with Crippen LogP contribution in [0.25, 0.3) is 22.6 Å². The van der Waals surface area contributed by atoms with Crippen LogP contribution in [0.3, 0.4) is 0 Å². The summed E-state index contributed by atoms with van der Waals surface area (Å²) in [5.41, 5.74) is 1.11. The molecule has 0 saturated carbocycles. The zero-order valence-corrected chi connectivity index (χ0v) is 13.3. The number of aromatic carboxylic acids is 1. The lowest BCUT2D eigenvalue weighted by Crippen LogP contribution is -2.20. The molecule has 3 heterocycles. The highest BCUT2D eigenvalue weighted by molar-refractivity contribution is 5.92. The van der Waals surface area contributed by atoms with Gasteiger partial charge in [0.25, 0.3) is 5.56 Å². The average Bonchev–Trinajstić information content (AvgIpc) is 2.78. The molecule has 7 nitrogen and oxygen atoms in total. The first-order chi connectivity index (χ1) is 11.1. The molecule has 0 bridgehead atoms. The Hall–Kier alpha value is -2.80. The lowest BCUT2D eigenvalue weighted by atomic mass is 10.0. The molecule has 4 rings (SSSR count). The van der Waals surface area contributed by atoms with E-state index in [4.69, 9.17) is 5.11 Å². The van der Waals surface area contributed by atoms with Gasteiger partial charge < -0.3 is 19.8 Å². The number of hydrogen-bond acceptors (Lipinski definition) is 4. The van der Waals surface area contributed by atoms with Gasteiger partial charge in [0.15, 0.2) is 11.4 Å². The maximum atomic E-state index is 12.1. The maximum absolute atomic E-state index is 12.1. The molecular weight excluding hydrogens is 334 g/mol. The van der Waals surface area contributed by atoms with E-state index in [1.807, 2.05) is 28.8 Å². The van der Waals surface area contributed by atoms with Gasteiger partial charge in [0.2, 0.25) is 0 Å². The number of nitrogens with zero attached hydrogens (tertiary/aromatic N) is 2. The summed E-state index contributed by atoms with van der Waals surface area (Å²) >= 11 is 0. The lowest BCUT2D eigenvalue weighted by molar-refractivity contribution is 0.0691. The minimum Gasteiger partial charge on any atom is -0.506 e. The quantitative estimate of drug-likeness (QED) is 0.625. The third-order valence-electron chi connectivity index (χ3n) is 4.19. The highest BCUT2D eigenvalue weighted by atomic mass is 35.5. The fourth-order valence-electron chi connectivity index (χ4n) is 3.17. The number of halogens is 1. The Balaban J connectivity index is 0.00000169. The average molecular weight is 348 g/mol. The van der Waals surface area contributed by atoms with E-state index in [9.17, 15) is 14.7 Å². The lowest BCUT2D eigenvalue weighted by Gasteiger charge is -2.09. The van der Waals surface area contributed by atoms with Gasteiger partial charge in [-0.05, 0) is 25.0 Å². The molecule has 1 aliphatic rings. The minimum absolute atomic E-state index is 0. The van der Waals surface area contributed by atoms with E-state index >= 15 is 0 Å². The van der Waals surface area contributed by atoms with Crippen molar-refractivity contribution in [3.8, 4) is 17.3 Å². The summed E-state index contributed by atoms with van der Waals surface area (Å²) in [5, 5.41) is 19.4. The van der Waals surface area contributed by atoms with Crippen molar-refractivity contribution < 1.29 is 15.0 Å². The number of imidazole rings is 1. The van der Waals surface area contributed by atoms with Crippen LogP contribution >= 0.6 is 12.4 Å². The van der Waals surface area contributed by atoms with E-state index in [-0.39, 0.29) is 12.4 Å². The van der Waals surface area contributed by atoms with E-state index in [1.54, 1.807) is 0 Å². The van der Waals surface area contributed by atoms with Gasteiger partial charge in [-0.3, -0.25) is 4.79 Å². The maximum Gasteiger partial charge on any atom is 0.345 e. The molecule has 1 aromatic carbocycles. The number of aromatic hydroxyl groups is 1. The van der Waals surface area contributed by atoms with Gasteiger partial charge in [0, 0.05) is 12.1 Å². The van der Waals surface area contributed by atoms with Crippen LogP contribution in [0.1, 0.15) is 22.3 Å². The number of aromatic nitrogens is 3. The van der Waals surface area contributed by atoms with E-state index in [0.717, 1.165) is 11.0 Å². The molecule has 2 aromatic heterocycles. The number of pyridine rings is 1. The number of carbonyl (C=O) groups is 1. The smallest absolute Gasteiger partial charge is 0.345 e. The Bertz CT molecular complexity index is 1020. The van der Waals surface area contributed by atoms with Gasteiger partial charge in [-0.2, -0.15) is 0 Å². The number of para-hydroxylation sites is 2. The number of H-pyrrole nitrogens is 1. The van der Waals surface area contributed by atoms with Crippen molar-refractivity contribution in [3.05, 3.63) is 45.7 Å². The van der Waals surface area contributed by atoms with Gasteiger partial charge in [0.05, 0.1) is 16.7 Å². The van der Waals surface area contributed by atoms with Crippen LogP contribution in [0, 0.1) is 0 Å². The summed E-state index contributed by atoms with van der Waals surface area (Å²) in [6.45, 7) is 0.675. The predicted molar refractivity (Wildman–Crippen MR) is 90.0 cm³/mol. The molecule has 0 saturated heterocycles. The monoisotopic (exact) mass is 347 g/mol. The van der Waals surface area contributed by atoms with E-state index in [0.29, 0.717) is 36.5 Å². The number of fused-ring (bicyclic) bond motifs is 5. The Kier molecular flexibility index (Phi) is 3.81. The van der Waals surface area contributed by atoms with Crippen LogP contribution in [0.4, 0.5) is 0 Å². The number of aromatic amines is 1. The largest absolute Gasteiger partial charge is 0.506 e. The van der Waals surface area contributed by atoms with Crippen LogP contribution in [0.15, 0.2) is 29.1 Å². The van der Waals surface area contributed by atoms with E-state index < -0.39 is 22.8 Å². The zero-order chi connectivity index (χ0) is 16.1.